The van der Waals surface area contributed by atoms with Crippen LogP contribution in [0.2, 0.25) is 5.02 Å². The Bertz CT molecular complexity index is 1250. The summed E-state index contributed by atoms with van der Waals surface area (Å²) < 4.78 is 29.1. The maximum absolute atomic E-state index is 12.2. The third-order valence-corrected chi connectivity index (χ3v) is 6.36. The molecule has 1 aromatic heterocycles. The largest absolute Gasteiger partial charge is 0.489 e. The van der Waals surface area contributed by atoms with Gasteiger partial charge in [-0.3, -0.25) is 4.98 Å². The van der Waals surface area contributed by atoms with Crippen molar-refractivity contribution in [2.45, 2.75) is 31.7 Å². The Balaban J connectivity index is 1.38. The van der Waals surface area contributed by atoms with Crippen LogP contribution in [-0.4, -0.2) is 50.6 Å². The van der Waals surface area contributed by atoms with Crippen molar-refractivity contribution in [3.05, 3.63) is 41.6 Å². The standard InChI is InChI=1S/C26H28ClN3O6/c1-32-10-3-11-33-22-15-20-23(25-24(22)34-12-13-35-25)21(8-9-28-20)36-17-6-7-19(18(27)14-17)30-26(31)29-16-4-2-5-16/h6-9,14-16H,2-5,10-13H2,1H3,(H2,29,30,31). The number of ether oxygens (including phenoxy) is 5. The average molecular weight is 514 g/mol. The van der Waals surface area contributed by atoms with Crippen LogP contribution in [0.1, 0.15) is 25.7 Å². The number of rotatable bonds is 9. The topological polar surface area (TPSA) is 100 Å². The third-order valence-electron chi connectivity index (χ3n) is 6.05. The van der Waals surface area contributed by atoms with E-state index in [1.54, 1.807) is 37.6 Å². The van der Waals surface area contributed by atoms with Crippen LogP contribution >= 0.6 is 11.6 Å². The zero-order valence-corrected chi connectivity index (χ0v) is 20.7. The number of hydrogen-bond donors (Lipinski definition) is 2. The van der Waals surface area contributed by atoms with Crippen molar-refractivity contribution in [3.63, 3.8) is 0 Å². The molecule has 2 amide bonds. The van der Waals surface area contributed by atoms with E-state index < -0.39 is 0 Å². The van der Waals surface area contributed by atoms with Crippen LogP contribution < -0.4 is 29.6 Å². The molecule has 190 valence electrons. The summed E-state index contributed by atoms with van der Waals surface area (Å²) in [5.74, 6) is 2.66. The second kappa shape index (κ2) is 11.1. The molecule has 5 rings (SSSR count). The summed E-state index contributed by atoms with van der Waals surface area (Å²) in [5.41, 5.74) is 1.15. The van der Waals surface area contributed by atoms with Gasteiger partial charge in [-0.2, -0.15) is 0 Å². The van der Waals surface area contributed by atoms with E-state index in [2.05, 4.69) is 15.6 Å². The minimum Gasteiger partial charge on any atom is -0.489 e. The number of benzene rings is 2. The quantitative estimate of drug-likeness (QED) is 0.362. The highest BCUT2D eigenvalue weighted by atomic mass is 35.5. The maximum Gasteiger partial charge on any atom is 0.319 e. The molecule has 3 aromatic rings. The third kappa shape index (κ3) is 5.37. The first-order valence-electron chi connectivity index (χ1n) is 12.0. The van der Waals surface area contributed by atoms with Crippen LogP contribution in [0.4, 0.5) is 10.5 Å². The summed E-state index contributed by atoms with van der Waals surface area (Å²) in [7, 11) is 1.66. The molecule has 0 atom stereocenters. The summed E-state index contributed by atoms with van der Waals surface area (Å²) >= 11 is 6.44. The van der Waals surface area contributed by atoms with Gasteiger partial charge in [0.15, 0.2) is 11.5 Å². The zero-order valence-electron chi connectivity index (χ0n) is 20.0. The lowest BCUT2D eigenvalue weighted by Gasteiger charge is -2.26. The molecule has 2 heterocycles. The number of carbonyl (C=O) groups is 1. The van der Waals surface area contributed by atoms with Crippen molar-refractivity contribution >= 4 is 34.2 Å². The summed E-state index contributed by atoms with van der Waals surface area (Å²) in [6.07, 6.45) is 5.56. The van der Waals surface area contributed by atoms with E-state index in [1.165, 1.54) is 0 Å². The number of methoxy groups -OCH3 is 1. The molecular weight excluding hydrogens is 486 g/mol. The molecule has 2 aromatic carbocycles. The van der Waals surface area contributed by atoms with Gasteiger partial charge in [0, 0.05) is 44.5 Å². The summed E-state index contributed by atoms with van der Waals surface area (Å²) in [5, 5.41) is 6.77. The van der Waals surface area contributed by atoms with Gasteiger partial charge in [-0.05, 0) is 37.5 Å². The molecule has 1 aliphatic heterocycles. The van der Waals surface area contributed by atoms with Crippen LogP contribution in [0.15, 0.2) is 36.5 Å². The number of amides is 2. The van der Waals surface area contributed by atoms with Gasteiger partial charge in [-0.15, -0.1) is 0 Å². The first-order chi connectivity index (χ1) is 17.6. The van der Waals surface area contributed by atoms with Gasteiger partial charge in [-0.1, -0.05) is 11.6 Å². The van der Waals surface area contributed by atoms with Gasteiger partial charge in [0.1, 0.15) is 24.7 Å². The van der Waals surface area contributed by atoms with E-state index >= 15 is 0 Å². The van der Waals surface area contributed by atoms with Crippen molar-refractivity contribution in [1.29, 1.82) is 0 Å². The van der Waals surface area contributed by atoms with Gasteiger partial charge in [0.05, 0.1) is 28.2 Å². The molecule has 2 N–H and O–H groups in total. The minimum atomic E-state index is -0.264. The van der Waals surface area contributed by atoms with E-state index in [4.69, 9.17) is 35.3 Å². The van der Waals surface area contributed by atoms with Crippen molar-refractivity contribution in [2.24, 2.45) is 0 Å². The predicted octanol–water partition coefficient (Wildman–Crippen LogP) is 5.54. The fraction of sp³-hybridized carbons (Fsp3) is 0.385. The van der Waals surface area contributed by atoms with Crippen LogP contribution in [0.3, 0.4) is 0 Å². The number of halogens is 1. The molecule has 0 unspecified atom stereocenters. The van der Waals surface area contributed by atoms with E-state index in [0.29, 0.717) is 76.8 Å². The lowest BCUT2D eigenvalue weighted by atomic mass is 9.93. The minimum absolute atomic E-state index is 0.236. The number of hydrogen-bond acceptors (Lipinski definition) is 7. The van der Waals surface area contributed by atoms with Crippen molar-refractivity contribution < 1.29 is 28.5 Å². The molecule has 1 fully saturated rings. The van der Waals surface area contributed by atoms with Crippen LogP contribution in [-0.2, 0) is 4.74 Å². The van der Waals surface area contributed by atoms with Gasteiger partial charge < -0.3 is 34.3 Å². The molecule has 10 heteroatoms. The Kier molecular flexibility index (Phi) is 7.48. The Hall–Kier alpha value is -3.43. The fourth-order valence-electron chi connectivity index (χ4n) is 4.04. The molecule has 0 bridgehead atoms. The molecule has 0 radical (unpaired) electrons. The number of urea groups is 1. The van der Waals surface area contributed by atoms with Crippen LogP contribution in [0.25, 0.3) is 10.9 Å². The molecule has 9 nitrogen and oxygen atoms in total. The monoisotopic (exact) mass is 513 g/mol. The van der Waals surface area contributed by atoms with Crippen molar-refractivity contribution in [3.8, 4) is 28.7 Å². The molecule has 2 aliphatic rings. The SMILES string of the molecule is COCCCOc1cc2nccc(Oc3ccc(NC(=O)NC4CCC4)c(Cl)c3)c2c2c1OCCO2. The molecular formula is C26H28ClN3O6. The second-order valence-electron chi connectivity index (χ2n) is 8.60. The molecule has 36 heavy (non-hydrogen) atoms. The smallest absolute Gasteiger partial charge is 0.319 e. The van der Waals surface area contributed by atoms with Crippen LogP contribution in [0, 0.1) is 0 Å². The first kappa shape index (κ1) is 24.3. The lowest BCUT2D eigenvalue weighted by Crippen LogP contribution is -2.41. The highest BCUT2D eigenvalue weighted by Gasteiger charge is 2.25. The first-order valence-corrected chi connectivity index (χ1v) is 12.4. The van der Waals surface area contributed by atoms with Crippen molar-refractivity contribution in [2.75, 3.05) is 38.9 Å². The Morgan fingerprint density at radius 1 is 1.11 bits per heavy atom. The molecule has 0 spiro atoms. The second-order valence-corrected chi connectivity index (χ2v) is 9.01. The summed E-state index contributed by atoms with van der Waals surface area (Å²) in [6.45, 7) is 1.90. The number of aromatic nitrogens is 1. The summed E-state index contributed by atoms with van der Waals surface area (Å²) in [6, 6.07) is 8.66. The number of anilines is 1. The molecule has 1 aliphatic carbocycles. The normalized spacial score (nSPS) is 14.7. The van der Waals surface area contributed by atoms with Crippen LogP contribution in [0.5, 0.6) is 28.7 Å². The lowest BCUT2D eigenvalue weighted by molar-refractivity contribution is 0.154. The highest BCUT2D eigenvalue weighted by molar-refractivity contribution is 6.33. The van der Waals surface area contributed by atoms with Gasteiger partial charge in [-0.25, -0.2) is 4.79 Å². The van der Waals surface area contributed by atoms with Gasteiger partial charge in [0.2, 0.25) is 5.75 Å². The zero-order chi connectivity index (χ0) is 24.9. The maximum atomic E-state index is 12.2. The average Bonchev–Trinajstić information content (AvgIpc) is 2.86. The highest BCUT2D eigenvalue weighted by Crippen LogP contribution is 2.48. The Morgan fingerprint density at radius 2 is 1.94 bits per heavy atom. The Morgan fingerprint density at radius 3 is 2.69 bits per heavy atom. The predicted molar refractivity (Wildman–Crippen MR) is 136 cm³/mol. The fourth-order valence-corrected chi connectivity index (χ4v) is 4.25. The van der Waals surface area contributed by atoms with E-state index in [9.17, 15) is 4.79 Å². The summed E-state index contributed by atoms with van der Waals surface area (Å²) in [4.78, 5) is 16.7. The van der Waals surface area contributed by atoms with E-state index in [1.807, 2.05) is 6.07 Å². The molecule has 0 saturated heterocycles. The van der Waals surface area contributed by atoms with Gasteiger partial charge >= 0.3 is 6.03 Å². The number of nitrogens with one attached hydrogen (secondary N) is 2. The Labute approximate surface area is 214 Å². The molecule has 1 saturated carbocycles. The van der Waals surface area contributed by atoms with Crippen molar-refractivity contribution in [1.82, 2.24) is 10.3 Å². The van der Waals surface area contributed by atoms with Gasteiger partial charge in [0.25, 0.3) is 0 Å². The number of pyridine rings is 1. The number of nitrogens with zero attached hydrogens (tertiary/aromatic N) is 1. The number of fused-ring (bicyclic) bond motifs is 3. The van der Waals surface area contributed by atoms with E-state index in [0.717, 1.165) is 25.7 Å². The number of carbonyl (C=O) groups excluding carboxylic acids is 1. The van der Waals surface area contributed by atoms with E-state index in [-0.39, 0.29) is 12.1 Å².